The summed E-state index contributed by atoms with van der Waals surface area (Å²) in [5, 5.41) is 16.1. The highest BCUT2D eigenvalue weighted by Gasteiger charge is 2.61. The number of hydrogen-bond donors (Lipinski definition) is 0. The van der Waals surface area contributed by atoms with Crippen LogP contribution in [0, 0.1) is 40.1 Å². The predicted molar refractivity (Wildman–Crippen MR) is 137 cm³/mol. The standard InChI is InChI=1S/C27H33ClFN5O3/c1-18-24(28)25(34(36)37)30-33(18)27-13-20-10-21(14-27)12-26(11-20,17-27)15-23(35)32-8-6-31(7-9-32)16-19-2-4-22(29)5-3-19/h2-5,20-21H,6-17H2,1H3. The summed E-state index contributed by atoms with van der Waals surface area (Å²) in [4.78, 5) is 28.9. The Hall–Kier alpha value is -2.52. The molecule has 1 saturated heterocycles. The Morgan fingerprint density at radius 2 is 1.78 bits per heavy atom. The molecule has 1 aliphatic heterocycles. The van der Waals surface area contributed by atoms with Gasteiger partial charge in [0.05, 0.1) is 16.3 Å². The Morgan fingerprint density at radius 3 is 2.38 bits per heavy atom. The number of nitro groups is 1. The van der Waals surface area contributed by atoms with Gasteiger partial charge in [-0.3, -0.25) is 9.69 Å². The Kier molecular flexibility index (Phi) is 6.06. The first-order valence-electron chi connectivity index (χ1n) is 13.3. The van der Waals surface area contributed by atoms with Crippen molar-refractivity contribution in [3.05, 3.63) is 56.5 Å². The van der Waals surface area contributed by atoms with Crippen LogP contribution in [0.1, 0.15) is 56.2 Å². The van der Waals surface area contributed by atoms with E-state index in [4.69, 9.17) is 11.6 Å². The number of carbonyl (C=O) groups excluding carboxylic acids is 1. The molecule has 2 unspecified atom stereocenters. The van der Waals surface area contributed by atoms with Crippen LogP contribution in [-0.2, 0) is 16.9 Å². The lowest BCUT2D eigenvalue weighted by Gasteiger charge is -2.61. The molecular formula is C27H33ClFN5O3. The molecule has 2 atom stereocenters. The molecule has 2 aromatic rings. The third-order valence-corrected chi connectivity index (χ3v) is 9.81. The summed E-state index contributed by atoms with van der Waals surface area (Å²) in [7, 11) is 0. The van der Waals surface area contributed by atoms with Crippen LogP contribution in [0.4, 0.5) is 10.2 Å². The number of hydrogen-bond acceptors (Lipinski definition) is 5. The molecule has 5 aliphatic rings. The fraction of sp³-hybridized carbons (Fsp3) is 0.630. The van der Waals surface area contributed by atoms with Crippen molar-refractivity contribution in [1.29, 1.82) is 0 Å². The van der Waals surface area contributed by atoms with Gasteiger partial charge in [0.15, 0.2) is 5.02 Å². The first-order chi connectivity index (χ1) is 17.7. The van der Waals surface area contributed by atoms with E-state index < -0.39 is 4.92 Å². The van der Waals surface area contributed by atoms with E-state index in [1.165, 1.54) is 18.6 Å². The number of halogens is 2. The summed E-state index contributed by atoms with van der Waals surface area (Å²) in [5.41, 5.74) is 1.37. The van der Waals surface area contributed by atoms with E-state index in [9.17, 15) is 19.3 Å². The lowest BCUT2D eigenvalue weighted by molar-refractivity contribution is -0.389. The predicted octanol–water partition coefficient (Wildman–Crippen LogP) is 4.92. The zero-order valence-corrected chi connectivity index (χ0v) is 21.9. The molecule has 4 aliphatic carbocycles. The minimum absolute atomic E-state index is 0.0773. The highest BCUT2D eigenvalue weighted by atomic mass is 35.5. The van der Waals surface area contributed by atoms with Gasteiger partial charge in [0.25, 0.3) is 0 Å². The fourth-order valence-corrected chi connectivity index (χ4v) is 8.53. The van der Waals surface area contributed by atoms with Crippen LogP contribution >= 0.6 is 11.6 Å². The average Bonchev–Trinajstić information content (AvgIpc) is 3.15. The van der Waals surface area contributed by atoms with Gasteiger partial charge in [0.1, 0.15) is 5.82 Å². The molecule has 37 heavy (non-hydrogen) atoms. The summed E-state index contributed by atoms with van der Waals surface area (Å²) in [6.45, 7) is 5.60. The van der Waals surface area contributed by atoms with E-state index in [0.717, 1.165) is 57.3 Å². The zero-order valence-electron chi connectivity index (χ0n) is 21.2. The quantitative estimate of drug-likeness (QED) is 0.391. The Bertz CT molecular complexity index is 1210. The van der Waals surface area contributed by atoms with Crippen LogP contribution in [0.15, 0.2) is 24.3 Å². The number of rotatable bonds is 6. The van der Waals surface area contributed by atoms with Crippen LogP contribution in [-0.4, -0.2) is 56.6 Å². The maximum absolute atomic E-state index is 13.6. The van der Waals surface area contributed by atoms with E-state index in [-0.39, 0.29) is 33.5 Å². The maximum Gasteiger partial charge on any atom is 0.408 e. The molecule has 5 fully saturated rings. The molecule has 198 valence electrons. The largest absolute Gasteiger partial charge is 0.408 e. The summed E-state index contributed by atoms with van der Waals surface area (Å²) < 4.78 is 15.1. The Balaban J connectivity index is 1.15. The van der Waals surface area contributed by atoms with Crippen LogP contribution in [0.2, 0.25) is 5.02 Å². The van der Waals surface area contributed by atoms with Gasteiger partial charge >= 0.3 is 5.82 Å². The van der Waals surface area contributed by atoms with E-state index in [1.54, 1.807) is 0 Å². The summed E-state index contributed by atoms with van der Waals surface area (Å²) in [5.74, 6) is 0.763. The number of nitrogens with zero attached hydrogens (tertiary/aromatic N) is 5. The lowest BCUT2D eigenvalue weighted by Crippen LogP contribution is -2.58. The smallest absolute Gasteiger partial charge is 0.358 e. The number of aromatic nitrogens is 2. The van der Waals surface area contributed by atoms with Gasteiger partial charge in [0.2, 0.25) is 5.91 Å². The highest BCUT2D eigenvalue weighted by molar-refractivity contribution is 6.33. The van der Waals surface area contributed by atoms with Crippen LogP contribution < -0.4 is 0 Å². The van der Waals surface area contributed by atoms with E-state index in [1.807, 2.05) is 28.6 Å². The summed E-state index contributed by atoms with van der Waals surface area (Å²) in [6.07, 6.45) is 6.56. The van der Waals surface area contributed by atoms with E-state index >= 15 is 0 Å². The summed E-state index contributed by atoms with van der Waals surface area (Å²) >= 11 is 6.33. The normalized spacial score (nSPS) is 31.2. The molecular weight excluding hydrogens is 497 g/mol. The van der Waals surface area contributed by atoms with Crippen molar-refractivity contribution in [2.75, 3.05) is 26.2 Å². The Morgan fingerprint density at radius 1 is 1.14 bits per heavy atom. The number of carbonyl (C=O) groups is 1. The van der Waals surface area contributed by atoms with Crippen molar-refractivity contribution in [2.45, 2.75) is 64.0 Å². The molecule has 0 spiro atoms. The van der Waals surface area contributed by atoms with Gasteiger partial charge in [-0.25, -0.2) is 4.39 Å². The number of piperazine rings is 1. The molecule has 4 saturated carbocycles. The minimum Gasteiger partial charge on any atom is -0.358 e. The first-order valence-corrected chi connectivity index (χ1v) is 13.7. The van der Waals surface area contributed by atoms with E-state index in [2.05, 4.69) is 10.00 Å². The van der Waals surface area contributed by atoms with Gasteiger partial charge in [-0.2, -0.15) is 4.68 Å². The molecule has 1 aromatic carbocycles. The van der Waals surface area contributed by atoms with Gasteiger partial charge in [0, 0.05) is 39.1 Å². The monoisotopic (exact) mass is 529 g/mol. The maximum atomic E-state index is 13.6. The molecule has 4 bridgehead atoms. The zero-order chi connectivity index (χ0) is 25.9. The molecule has 0 N–H and O–H groups in total. The third kappa shape index (κ3) is 4.44. The molecule has 1 aromatic heterocycles. The van der Waals surface area contributed by atoms with Gasteiger partial charge in [-0.1, -0.05) is 23.7 Å². The van der Waals surface area contributed by atoms with Crippen LogP contribution in [0.5, 0.6) is 0 Å². The van der Waals surface area contributed by atoms with Gasteiger partial charge in [-0.15, -0.1) is 0 Å². The molecule has 1 amide bonds. The second-order valence-electron chi connectivity index (χ2n) is 12.0. The number of amides is 1. The van der Waals surface area contributed by atoms with Gasteiger partial charge < -0.3 is 15.0 Å². The van der Waals surface area contributed by atoms with Crippen molar-refractivity contribution < 1.29 is 14.1 Å². The van der Waals surface area contributed by atoms with Crippen molar-refractivity contribution in [3.63, 3.8) is 0 Å². The van der Waals surface area contributed by atoms with Crippen molar-refractivity contribution in [1.82, 2.24) is 19.6 Å². The molecule has 0 radical (unpaired) electrons. The molecule has 2 heterocycles. The highest BCUT2D eigenvalue weighted by Crippen LogP contribution is 2.65. The van der Waals surface area contributed by atoms with Gasteiger partial charge in [-0.05, 0) is 85.3 Å². The minimum atomic E-state index is -0.499. The number of benzene rings is 1. The SMILES string of the molecule is Cc1c(Cl)c([N+](=O)[O-])nn1C12CC3CC(CC(CC(=O)N4CCN(Cc5ccc(F)cc5)CC4)(C3)C1)C2. The third-order valence-electron chi connectivity index (χ3n) is 9.37. The van der Waals surface area contributed by atoms with Crippen LogP contribution in [0.3, 0.4) is 0 Å². The molecule has 8 nitrogen and oxygen atoms in total. The average molecular weight is 530 g/mol. The molecule has 7 rings (SSSR count). The first kappa shape index (κ1) is 24.8. The van der Waals surface area contributed by atoms with Crippen molar-refractivity contribution in [3.8, 4) is 0 Å². The Labute approximate surface area is 220 Å². The molecule has 10 heteroatoms. The second-order valence-corrected chi connectivity index (χ2v) is 12.4. The fourth-order valence-electron chi connectivity index (χ4n) is 8.34. The second kappa shape index (κ2) is 9.05. The van der Waals surface area contributed by atoms with Crippen molar-refractivity contribution in [2.24, 2.45) is 17.3 Å². The van der Waals surface area contributed by atoms with Crippen molar-refractivity contribution >= 4 is 23.3 Å². The van der Waals surface area contributed by atoms with E-state index in [0.29, 0.717) is 37.0 Å². The lowest BCUT2D eigenvalue weighted by atomic mass is 9.46. The topological polar surface area (TPSA) is 84.5 Å². The van der Waals surface area contributed by atoms with Crippen LogP contribution in [0.25, 0.3) is 0 Å². The summed E-state index contributed by atoms with van der Waals surface area (Å²) in [6, 6.07) is 6.62.